The van der Waals surface area contributed by atoms with Crippen LogP contribution in [0.2, 0.25) is 0 Å². The summed E-state index contributed by atoms with van der Waals surface area (Å²) in [6, 6.07) is 0.255. The number of hydrogen-bond acceptors (Lipinski definition) is 5. The number of amides is 2. The summed E-state index contributed by atoms with van der Waals surface area (Å²) in [6.45, 7) is 6.36. The van der Waals surface area contributed by atoms with E-state index in [-0.39, 0.29) is 29.5 Å². The van der Waals surface area contributed by atoms with Crippen molar-refractivity contribution >= 4 is 23.6 Å². The van der Waals surface area contributed by atoms with Crippen LogP contribution in [0.3, 0.4) is 0 Å². The Kier molecular flexibility index (Phi) is 6.87. The van der Waals surface area contributed by atoms with Crippen molar-refractivity contribution in [3.63, 3.8) is 0 Å². The van der Waals surface area contributed by atoms with Gasteiger partial charge in [-0.15, -0.1) is 10.2 Å². The minimum atomic E-state index is -0.360. The van der Waals surface area contributed by atoms with Crippen molar-refractivity contribution in [2.75, 3.05) is 0 Å². The Balaban J connectivity index is 1.91. The highest BCUT2D eigenvalue weighted by Crippen LogP contribution is 2.30. The first kappa shape index (κ1) is 19.8. The Morgan fingerprint density at radius 3 is 2.76 bits per heavy atom. The van der Waals surface area contributed by atoms with Crippen LogP contribution in [0.15, 0.2) is 5.16 Å². The summed E-state index contributed by atoms with van der Waals surface area (Å²) in [4.78, 5) is 23.5. The van der Waals surface area contributed by atoms with Crippen LogP contribution >= 0.6 is 11.8 Å². The van der Waals surface area contributed by atoms with Gasteiger partial charge in [0.2, 0.25) is 11.8 Å². The fourth-order valence-corrected chi connectivity index (χ4v) is 4.04. The first-order valence-electron chi connectivity index (χ1n) is 8.93. The number of aromatic nitrogens is 3. The number of hydrogen-bond donors (Lipinski definition) is 2. The molecular formula is C17H29N5O2S. The van der Waals surface area contributed by atoms with Crippen molar-refractivity contribution in [3.05, 3.63) is 5.82 Å². The van der Waals surface area contributed by atoms with Gasteiger partial charge in [0.1, 0.15) is 5.82 Å². The number of primary amides is 1. The van der Waals surface area contributed by atoms with Crippen molar-refractivity contribution in [2.24, 2.45) is 24.6 Å². The minimum absolute atomic E-state index is 0.0395. The molecule has 0 aliphatic heterocycles. The Morgan fingerprint density at radius 2 is 2.08 bits per heavy atom. The van der Waals surface area contributed by atoms with E-state index >= 15 is 0 Å². The second kappa shape index (κ2) is 8.69. The van der Waals surface area contributed by atoms with Crippen LogP contribution in [0, 0.1) is 11.8 Å². The lowest BCUT2D eigenvalue weighted by atomic mass is 9.78. The number of carbonyl (C=O) groups is 2. The molecule has 4 atom stereocenters. The number of rotatable bonds is 7. The maximum Gasteiger partial charge on any atom is 0.233 e. The van der Waals surface area contributed by atoms with E-state index < -0.39 is 0 Å². The Morgan fingerprint density at radius 1 is 1.36 bits per heavy atom. The quantitative estimate of drug-likeness (QED) is 0.713. The van der Waals surface area contributed by atoms with Gasteiger partial charge in [-0.2, -0.15) is 0 Å². The molecule has 3 N–H and O–H groups in total. The van der Waals surface area contributed by atoms with Crippen molar-refractivity contribution < 1.29 is 9.59 Å². The van der Waals surface area contributed by atoms with Crippen LogP contribution in [0.5, 0.6) is 0 Å². The molecule has 8 heteroatoms. The van der Waals surface area contributed by atoms with Gasteiger partial charge >= 0.3 is 0 Å². The minimum Gasteiger partial charge on any atom is -0.370 e. The maximum atomic E-state index is 12.6. The van der Waals surface area contributed by atoms with Gasteiger partial charge in [0, 0.05) is 25.9 Å². The number of carbonyl (C=O) groups excluding carboxylic acids is 2. The molecule has 1 aromatic rings. The van der Waals surface area contributed by atoms with Gasteiger partial charge in [0.15, 0.2) is 5.16 Å². The molecule has 2 amide bonds. The largest absolute Gasteiger partial charge is 0.370 e. The Hall–Kier alpha value is -1.57. The maximum absolute atomic E-state index is 12.6. The second-order valence-corrected chi connectivity index (χ2v) is 8.37. The van der Waals surface area contributed by atoms with Crippen LogP contribution in [-0.4, -0.2) is 37.9 Å². The molecule has 0 aromatic carbocycles. The number of nitrogens with zero attached hydrogens (tertiary/aromatic N) is 3. The average Bonchev–Trinajstić information content (AvgIpc) is 2.90. The third kappa shape index (κ3) is 5.20. The zero-order chi connectivity index (χ0) is 18.6. The molecule has 7 nitrogen and oxygen atoms in total. The molecule has 0 saturated heterocycles. The van der Waals surface area contributed by atoms with Gasteiger partial charge in [-0.05, 0) is 25.2 Å². The monoisotopic (exact) mass is 367 g/mol. The summed E-state index contributed by atoms with van der Waals surface area (Å²) in [5.74, 6) is 1.53. The summed E-state index contributed by atoms with van der Waals surface area (Å²) in [6.07, 6.45) is 4.16. The van der Waals surface area contributed by atoms with E-state index in [1.54, 1.807) is 0 Å². The molecule has 0 bridgehead atoms. The smallest absolute Gasteiger partial charge is 0.233 e. The molecular weight excluding hydrogens is 338 g/mol. The lowest BCUT2D eigenvalue weighted by molar-refractivity contribution is -0.121. The molecule has 0 radical (unpaired) electrons. The third-order valence-electron chi connectivity index (χ3n) is 5.21. The molecule has 1 fully saturated rings. The zero-order valence-corrected chi connectivity index (χ0v) is 16.3. The summed E-state index contributed by atoms with van der Waals surface area (Å²) >= 11 is 1.39. The van der Waals surface area contributed by atoms with Crippen LogP contribution in [0.25, 0.3) is 0 Å². The van der Waals surface area contributed by atoms with Crippen LogP contribution in [-0.2, 0) is 23.1 Å². The molecule has 1 saturated carbocycles. The Bertz CT molecular complexity index is 618. The van der Waals surface area contributed by atoms with E-state index in [2.05, 4.69) is 29.4 Å². The summed E-state index contributed by atoms with van der Waals surface area (Å²) < 4.78 is 1.82. The molecule has 1 aliphatic carbocycles. The summed E-state index contributed by atoms with van der Waals surface area (Å²) in [5, 5.41) is 11.9. The predicted octanol–water partition coefficient (Wildman–Crippen LogP) is 1.65. The third-order valence-corrected chi connectivity index (χ3v) is 6.34. The molecule has 1 aromatic heterocycles. The fourth-order valence-electron chi connectivity index (χ4n) is 3.20. The normalized spacial score (nSPS) is 24.7. The standard InChI is InChI=1S/C17H29N5O2S/c1-10-6-5-7-13(11(10)2)19-16(24)12(3)25-17-21-20-15(22(17)4)9-8-14(18)23/h10-13H,5-9H2,1-4H3,(H2,18,23)(H,19,24)/t10-,11+,12+,13+/m0/s1. The number of aryl methyl sites for hydroxylation is 1. The highest BCUT2D eigenvalue weighted by molar-refractivity contribution is 8.00. The highest BCUT2D eigenvalue weighted by Gasteiger charge is 2.29. The van der Waals surface area contributed by atoms with Crippen LogP contribution < -0.4 is 11.1 Å². The van der Waals surface area contributed by atoms with Crippen molar-refractivity contribution in [3.8, 4) is 0 Å². The molecule has 25 heavy (non-hydrogen) atoms. The van der Waals surface area contributed by atoms with Gasteiger partial charge in [0.25, 0.3) is 0 Å². The topological polar surface area (TPSA) is 103 Å². The van der Waals surface area contributed by atoms with E-state index in [4.69, 9.17) is 5.73 Å². The number of nitrogens with two attached hydrogens (primary N) is 1. The zero-order valence-electron chi connectivity index (χ0n) is 15.5. The van der Waals surface area contributed by atoms with Crippen molar-refractivity contribution in [2.45, 2.75) is 69.3 Å². The first-order chi connectivity index (χ1) is 11.8. The highest BCUT2D eigenvalue weighted by atomic mass is 32.2. The summed E-state index contributed by atoms with van der Waals surface area (Å²) in [7, 11) is 1.84. The number of nitrogens with one attached hydrogen (secondary N) is 1. The van der Waals surface area contributed by atoms with Gasteiger partial charge in [-0.25, -0.2) is 0 Å². The van der Waals surface area contributed by atoms with E-state index in [9.17, 15) is 9.59 Å². The second-order valence-electron chi connectivity index (χ2n) is 7.07. The first-order valence-corrected chi connectivity index (χ1v) is 9.81. The van der Waals surface area contributed by atoms with Crippen molar-refractivity contribution in [1.82, 2.24) is 20.1 Å². The number of thioether (sulfide) groups is 1. The van der Waals surface area contributed by atoms with E-state index in [1.807, 2.05) is 18.5 Å². The van der Waals surface area contributed by atoms with Gasteiger partial charge in [0.05, 0.1) is 5.25 Å². The fraction of sp³-hybridized carbons (Fsp3) is 0.765. The van der Waals surface area contributed by atoms with Gasteiger partial charge in [-0.3, -0.25) is 9.59 Å². The van der Waals surface area contributed by atoms with E-state index in [0.29, 0.717) is 29.2 Å². The molecule has 0 unspecified atom stereocenters. The molecule has 1 aliphatic rings. The van der Waals surface area contributed by atoms with Gasteiger partial charge in [-0.1, -0.05) is 38.5 Å². The molecule has 0 spiro atoms. The molecule has 140 valence electrons. The van der Waals surface area contributed by atoms with Crippen LogP contribution in [0.4, 0.5) is 0 Å². The summed E-state index contributed by atoms with van der Waals surface area (Å²) in [5.41, 5.74) is 5.17. The Labute approximate surface area is 153 Å². The SMILES string of the molecule is C[C@@H]1[C@@H](C)CCC[C@H]1NC(=O)[C@@H](C)Sc1nnc(CCC(N)=O)n1C. The predicted molar refractivity (Wildman–Crippen MR) is 97.9 cm³/mol. The van der Waals surface area contributed by atoms with E-state index in [1.165, 1.54) is 24.6 Å². The molecule has 1 heterocycles. The van der Waals surface area contributed by atoms with Crippen molar-refractivity contribution in [1.29, 1.82) is 0 Å². The van der Waals surface area contributed by atoms with E-state index in [0.717, 1.165) is 6.42 Å². The molecule has 2 rings (SSSR count). The lowest BCUT2D eigenvalue weighted by Crippen LogP contribution is -2.46. The van der Waals surface area contributed by atoms with Crippen LogP contribution in [0.1, 0.15) is 52.3 Å². The average molecular weight is 368 g/mol. The van der Waals surface area contributed by atoms with Gasteiger partial charge < -0.3 is 15.6 Å². The lowest BCUT2D eigenvalue weighted by Gasteiger charge is -2.35.